The normalized spacial score (nSPS) is 20.1. The molecule has 25 heavy (non-hydrogen) atoms. The van der Waals surface area contributed by atoms with E-state index >= 15 is 0 Å². The summed E-state index contributed by atoms with van der Waals surface area (Å²) in [7, 11) is 0. The van der Waals surface area contributed by atoms with Crippen molar-refractivity contribution in [2.45, 2.75) is 44.1 Å². The fourth-order valence-electron chi connectivity index (χ4n) is 4.79. The van der Waals surface area contributed by atoms with E-state index in [4.69, 9.17) is 5.73 Å². The van der Waals surface area contributed by atoms with Gasteiger partial charge in [0.05, 0.1) is 29.3 Å². The van der Waals surface area contributed by atoms with Crippen LogP contribution in [0, 0.1) is 16.7 Å². The van der Waals surface area contributed by atoms with Crippen LogP contribution in [-0.4, -0.2) is 24.7 Å². The van der Waals surface area contributed by atoms with Gasteiger partial charge in [0, 0.05) is 17.8 Å². The van der Waals surface area contributed by atoms with Crippen molar-refractivity contribution < 1.29 is 0 Å². The van der Waals surface area contributed by atoms with Gasteiger partial charge < -0.3 is 10.7 Å². The number of nitrogens with two attached hydrogens (primary N) is 1. The number of nitrogen functional groups attached to an aromatic ring is 1. The predicted molar refractivity (Wildman–Crippen MR) is 93.2 cm³/mol. The monoisotopic (exact) mass is 333 g/mol. The molecule has 0 saturated heterocycles. The summed E-state index contributed by atoms with van der Waals surface area (Å²) in [6.07, 6.45) is 11.7. The van der Waals surface area contributed by atoms with E-state index in [0.717, 1.165) is 35.1 Å². The molecule has 0 aromatic carbocycles. The summed E-state index contributed by atoms with van der Waals surface area (Å²) in [6, 6.07) is 4.30. The Morgan fingerprint density at radius 1 is 1.32 bits per heavy atom. The fourth-order valence-corrected chi connectivity index (χ4v) is 4.79. The van der Waals surface area contributed by atoms with Gasteiger partial charge in [-0.25, -0.2) is 9.97 Å². The predicted octanol–water partition coefficient (Wildman–Crippen LogP) is 2.98. The summed E-state index contributed by atoms with van der Waals surface area (Å²) in [5, 5.41) is 14.9. The first-order valence-corrected chi connectivity index (χ1v) is 8.66. The third kappa shape index (κ3) is 1.94. The number of aromatic nitrogens is 5. The minimum atomic E-state index is -0.216. The van der Waals surface area contributed by atoms with Crippen molar-refractivity contribution in [2.75, 3.05) is 5.73 Å². The van der Waals surface area contributed by atoms with Crippen LogP contribution in [0.3, 0.4) is 0 Å². The first kappa shape index (κ1) is 14.5. The van der Waals surface area contributed by atoms with E-state index in [-0.39, 0.29) is 5.54 Å². The second-order valence-corrected chi connectivity index (χ2v) is 7.60. The summed E-state index contributed by atoms with van der Waals surface area (Å²) in [5.41, 5.74) is 8.82. The maximum absolute atomic E-state index is 9.35. The highest BCUT2D eigenvalue weighted by atomic mass is 15.3. The van der Waals surface area contributed by atoms with Gasteiger partial charge in [0.25, 0.3) is 0 Å². The van der Waals surface area contributed by atoms with Gasteiger partial charge in [-0.15, -0.1) is 0 Å². The number of nitriles is 1. The molecule has 2 aliphatic rings. The van der Waals surface area contributed by atoms with Gasteiger partial charge in [-0.3, -0.25) is 4.68 Å². The third-order valence-corrected chi connectivity index (χ3v) is 6.07. The Morgan fingerprint density at radius 3 is 2.88 bits per heavy atom. The Balaban J connectivity index is 1.57. The molecule has 0 unspecified atom stereocenters. The van der Waals surface area contributed by atoms with Crippen molar-refractivity contribution in [2.24, 2.45) is 5.41 Å². The van der Waals surface area contributed by atoms with Gasteiger partial charge in [0.1, 0.15) is 12.0 Å². The van der Waals surface area contributed by atoms with Crippen molar-refractivity contribution in [3.05, 3.63) is 24.8 Å². The lowest BCUT2D eigenvalue weighted by Crippen LogP contribution is -2.56. The molecule has 3 aromatic heterocycles. The van der Waals surface area contributed by atoms with Gasteiger partial charge in [-0.1, -0.05) is 6.42 Å². The van der Waals surface area contributed by atoms with Crippen LogP contribution in [0.2, 0.25) is 0 Å². The van der Waals surface area contributed by atoms with Crippen LogP contribution in [0.5, 0.6) is 0 Å². The van der Waals surface area contributed by atoms with Crippen LogP contribution >= 0.6 is 0 Å². The molecule has 3 aromatic rings. The van der Waals surface area contributed by atoms with Gasteiger partial charge in [0.15, 0.2) is 5.82 Å². The first-order chi connectivity index (χ1) is 12.1. The SMILES string of the molecule is N#CCC1(n2cc(-c3ncnc4[nH]ccc34)c(N)n2)CC2(CCC2)C1. The minimum Gasteiger partial charge on any atom is -0.382 e. The average Bonchev–Trinajstić information content (AvgIpc) is 3.15. The highest BCUT2D eigenvalue weighted by molar-refractivity contribution is 5.92. The molecular formula is C18H19N7. The minimum absolute atomic E-state index is 0.216. The zero-order valence-corrected chi connectivity index (χ0v) is 13.9. The largest absolute Gasteiger partial charge is 0.382 e. The van der Waals surface area contributed by atoms with Crippen LogP contribution in [0.15, 0.2) is 24.8 Å². The molecular weight excluding hydrogens is 314 g/mol. The topological polar surface area (TPSA) is 109 Å². The lowest BCUT2D eigenvalue weighted by molar-refractivity contribution is -0.0895. The molecule has 0 atom stereocenters. The highest BCUT2D eigenvalue weighted by Crippen LogP contribution is 2.64. The molecule has 126 valence electrons. The summed E-state index contributed by atoms with van der Waals surface area (Å²) in [4.78, 5) is 11.7. The molecule has 0 amide bonds. The van der Waals surface area contributed by atoms with Crippen molar-refractivity contribution in [3.63, 3.8) is 0 Å². The Morgan fingerprint density at radius 2 is 2.16 bits per heavy atom. The Kier molecular flexibility index (Phi) is 2.79. The van der Waals surface area contributed by atoms with Gasteiger partial charge >= 0.3 is 0 Å². The Labute approximate surface area is 144 Å². The zero-order chi connectivity index (χ0) is 17.1. The van der Waals surface area contributed by atoms with Gasteiger partial charge in [0.2, 0.25) is 0 Å². The number of hydrogen-bond acceptors (Lipinski definition) is 5. The summed E-state index contributed by atoms with van der Waals surface area (Å²) in [6.45, 7) is 0. The second-order valence-electron chi connectivity index (χ2n) is 7.60. The Hall–Kier alpha value is -2.88. The number of rotatable bonds is 3. The molecule has 2 aliphatic carbocycles. The van der Waals surface area contributed by atoms with Crippen LogP contribution in [0.4, 0.5) is 5.82 Å². The van der Waals surface area contributed by atoms with Crippen LogP contribution in [0.1, 0.15) is 38.5 Å². The first-order valence-electron chi connectivity index (χ1n) is 8.66. The summed E-state index contributed by atoms with van der Waals surface area (Å²) in [5.74, 6) is 0.452. The number of fused-ring (bicyclic) bond motifs is 1. The van der Waals surface area contributed by atoms with Gasteiger partial charge in [-0.05, 0) is 37.2 Å². The number of nitrogens with one attached hydrogen (secondary N) is 1. The molecule has 7 heteroatoms. The van der Waals surface area contributed by atoms with Gasteiger partial charge in [-0.2, -0.15) is 10.4 Å². The molecule has 3 heterocycles. The van der Waals surface area contributed by atoms with Crippen molar-refractivity contribution in [1.29, 1.82) is 5.26 Å². The van der Waals surface area contributed by atoms with Crippen molar-refractivity contribution in [3.8, 4) is 17.3 Å². The number of anilines is 1. The van der Waals surface area contributed by atoms with E-state index < -0.39 is 0 Å². The van der Waals surface area contributed by atoms with E-state index in [1.54, 1.807) is 0 Å². The molecule has 5 rings (SSSR count). The standard InChI is InChI=1S/C18H19N7/c19-6-5-18(9-17(10-18)3-1-4-17)25-8-13(15(20)24-25)14-12-2-7-21-16(12)23-11-22-14/h2,7-8,11H,1,3-5,9-10H2,(H2,20,24)(H,21,22,23). The fraction of sp³-hybridized carbons (Fsp3) is 0.444. The Bertz CT molecular complexity index is 994. The lowest BCUT2D eigenvalue weighted by atomic mass is 9.48. The van der Waals surface area contributed by atoms with Crippen LogP contribution in [-0.2, 0) is 5.54 Å². The zero-order valence-electron chi connectivity index (χ0n) is 13.9. The molecule has 0 radical (unpaired) electrons. The highest BCUT2D eigenvalue weighted by Gasteiger charge is 2.58. The lowest BCUT2D eigenvalue weighted by Gasteiger charge is -2.60. The molecule has 1 spiro atoms. The number of hydrogen-bond donors (Lipinski definition) is 2. The van der Waals surface area contributed by atoms with Crippen molar-refractivity contribution >= 4 is 16.9 Å². The van der Waals surface area contributed by atoms with E-state index in [0.29, 0.717) is 17.7 Å². The third-order valence-electron chi connectivity index (χ3n) is 6.07. The number of nitrogens with zero attached hydrogens (tertiary/aromatic N) is 5. The van der Waals surface area contributed by atoms with E-state index in [9.17, 15) is 5.26 Å². The van der Waals surface area contributed by atoms with E-state index in [1.807, 2.05) is 23.1 Å². The molecule has 2 saturated carbocycles. The van der Waals surface area contributed by atoms with Crippen LogP contribution in [0.25, 0.3) is 22.3 Å². The van der Waals surface area contributed by atoms with E-state index in [1.165, 1.54) is 25.6 Å². The van der Waals surface area contributed by atoms with Crippen molar-refractivity contribution in [1.82, 2.24) is 24.7 Å². The van der Waals surface area contributed by atoms with E-state index in [2.05, 4.69) is 26.1 Å². The quantitative estimate of drug-likeness (QED) is 0.766. The summed E-state index contributed by atoms with van der Waals surface area (Å²) >= 11 is 0. The maximum atomic E-state index is 9.35. The molecule has 7 nitrogen and oxygen atoms in total. The number of aromatic amines is 1. The maximum Gasteiger partial charge on any atom is 0.154 e. The number of H-pyrrole nitrogens is 1. The molecule has 3 N–H and O–H groups in total. The second kappa shape index (κ2) is 4.82. The van der Waals surface area contributed by atoms with Crippen LogP contribution < -0.4 is 5.73 Å². The molecule has 0 bridgehead atoms. The average molecular weight is 333 g/mol. The molecule has 0 aliphatic heterocycles. The summed E-state index contributed by atoms with van der Waals surface area (Å²) < 4.78 is 1.94. The smallest absolute Gasteiger partial charge is 0.154 e. The molecule has 2 fully saturated rings.